The Balaban J connectivity index is 3.14. The molecule has 0 heterocycles. The van der Waals surface area contributed by atoms with Gasteiger partial charge in [-0.3, -0.25) is 14.6 Å². The molecule has 164 valence electrons. The molecule has 0 saturated heterocycles. The van der Waals surface area contributed by atoms with Crippen LogP contribution in [0.5, 0.6) is 5.75 Å². The minimum atomic E-state index is -4.87. The monoisotopic (exact) mass is 432 g/mol. The lowest BCUT2D eigenvalue weighted by molar-refractivity contribution is -0.136. The standard InChI is InChI=1S/C19H29O9P/c1-12(2)11-27-18(22)26-7-6-19(4,5)17-14(10-16(20)21)8-13(3)9-15(17)28-29(23,24)25/h8-9,12H,6-7,10-11H2,1-5H3,(H,20,21)(H2,23,24,25). The molecule has 0 fully saturated rings. The van der Waals surface area contributed by atoms with E-state index in [4.69, 9.17) is 14.0 Å². The van der Waals surface area contributed by atoms with Crippen molar-refractivity contribution in [1.82, 2.24) is 0 Å². The number of aliphatic carboxylic acids is 1. The highest BCUT2D eigenvalue weighted by atomic mass is 31.2. The number of rotatable bonds is 10. The van der Waals surface area contributed by atoms with E-state index in [1.807, 2.05) is 13.8 Å². The quantitative estimate of drug-likeness (QED) is 0.374. The highest BCUT2D eigenvalue weighted by Gasteiger charge is 2.31. The van der Waals surface area contributed by atoms with Crippen LogP contribution in [0.1, 0.15) is 50.8 Å². The van der Waals surface area contributed by atoms with E-state index >= 15 is 0 Å². The van der Waals surface area contributed by atoms with Crippen molar-refractivity contribution >= 4 is 19.9 Å². The Kier molecular flexibility index (Phi) is 8.68. The van der Waals surface area contributed by atoms with E-state index in [1.165, 1.54) is 6.07 Å². The second-order valence-electron chi connectivity index (χ2n) is 7.89. The molecule has 0 saturated carbocycles. The van der Waals surface area contributed by atoms with E-state index < -0.39 is 25.4 Å². The molecule has 0 aliphatic heterocycles. The normalized spacial score (nSPS) is 12.0. The summed E-state index contributed by atoms with van der Waals surface area (Å²) < 4.78 is 26.3. The van der Waals surface area contributed by atoms with Crippen molar-refractivity contribution in [2.24, 2.45) is 5.92 Å². The maximum atomic E-state index is 11.6. The van der Waals surface area contributed by atoms with Crippen molar-refractivity contribution in [3.63, 3.8) is 0 Å². The summed E-state index contributed by atoms with van der Waals surface area (Å²) in [6, 6.07) is 3.08. The number of carboxylic acids is 1. The Morgan fingerprint density at radius 3 is 2.31 bits per heavy atom. The molecule has 0 aliphatic carbocycles. The Morgan fingerprint density at radius 1 is 1.17 bits per heavy atom. The fourth-order valence-electron chi connectivity index (χ4n) is 2.89. The molecule has 0 unspecified atom stereocenters. The van der Waals surface area contributed by atoms with Crippen LogP contribution in [-0.4, -0.2) is 40.2 Å². The molecule has 0 radical (unpaired) electrons. The number of aryl methyl sites for hydroxylation is 1. The van der Waals surface area contributed by atoms with Gasteiger partial charge in [0.1, 0.15) is 5.75 Å². The van der Waals surface area contributed by atoms with Crippen LogP contribution in [0.2, 0.25) is 0 Å². The summed E-state index contributed by atoms with van der Waals surface area (Å²) in [7, 11) is -4.87. The van der Waals surface area contributed by atoms with Gasteiger partial charge in [0, 0.05) is 5.56 Å². The molecule has 3 N–H and O–H groups in total. The lowest BCUT2D eigenvalue weighted by atomic mass is 9.77. The van der Waals surface area contributed by atoms with Crippen molar-refractivity contribution in [1.29, 1.82) is 0 Å². The smallest absolute Gasteiger partial charge is 0.481 e. The molecular weight excluding hydrogens is 403 g/mol. The van der Waals surface area contributed by atoms with Gasteiger partial charge in [0.05, 0.1) is 19.6 Å². The van der Waals surface area contributed by atoms with Gasteiger partial charge in [-0.25, -0.2) is 9.36 Å². The number of carboxylic acid groups (broad SMARTS) is 1. The van der Waals surface area contributed by atoms with Gasteiger partial charge < -0.3 is 19.1 Å². The lowest BCUT2D eigenvalue weighted by Gasteiger charge is -2.30. The first kappa shape index (κ1) is 24.9. The summed E-state index contributed by atoms with van der Waals surface area (Å²) in [5, 5.41) is 9.24. The van der Waals surface area contributed by atoms with Gasteiger partial charge in [0.2, 0.25) is 0 Å². The fourth-order valence-corrected chi connectivity index (χ4v) is 3.29. The van der Waals surface area contributed by atoms with Crippen molar-refractivity contribution in [3.05, 3.63) is 28.8 Å². The molecule has 29 heavy (non-hydrogen) atoms. The van der Waals surface area contributed by atoms with Gasteiger partial charge in [-0.05, 0) is 41.9 Å². The maximum absolute atomic E-state index is 11.6. The van der Waals surface area contributed by atoms with Crippen LogP contribution in [0.3, 0.4) is 0 Å². The van der Waals surface area contributed by atoms with Gasteiger partial charge in [0.15, 0.2) is 0 Å². The second kappa shape index (κ2) is 10.1. The molecule has 10 heteroatoms. The first-order valence-corrected chi connectivity index (χ1v) is 10.6. The van der Waals surface area contributed by atoms with Gasteiger partial charge >= 0.3 is 19.9 Å². The van der Waals surface area contributed by atoms with Crippen molar-refractivity contribution < 1.29 is 43.0 Å². The Bertz CT molecular complexity index is 780. The first-order valence-electron chi connectivity index (χ1n) is 9.12. The van der Waals surface area contributed by atoms with Crippen LogP contribution in [0.25, 0.3) is 0 Å². The minimum Gasteiger partial charge on any atom is -0.481 e. The molecule has 0 amide bonds. The van der Waals surface area contributed by atoms with E-state index in [0.717, 1.165) is 0 Å². The highest BCUT2D eigenvalue weighted by Crippen LogP contribution is 2.45. The number of carbonyl (C=O) groups excluding carboxylic acids is 1. The number of carbonyl (C=O) groups is 2. The Hall–Kier alpha value is -2.09. The van der Waals surface area contributed by atoms with Gasteiger partial charge in [0.25, 0.3) is 0 Å². The van der Waals surface area contributed by atoms with E-state index in [9.17, 15) is 29.0 Å². The second-order valence-corrected chi connectivity index (χ2v) is 9.05. The molecule has 1 aromatic rings. The van der Waals surface area contributed by atoms with Crippen LogP contribution in [0.15, 0.2) is 12.1 Å². The molecule has 0 atom stereocenters. The maximum Gasteiger partial charge on any atom is 0.524 e. The number of benzene rings is 1. The lowest BCUT2D eigenvalue weighted by Crippen LogP contribution is -2.25. The van der Waals surface area contributed by atoms with Crippen LogP contribution in [0, 0.1) is 12.8 Å². The number of ether oxygens (including phenoxy) is 2. The predicted molar refractivity (Wildman–Crippen MR) is 105 cm³/mol. The van der Waals surface area contributed by atoms with Gasteiger partial charge in [-0.1, -0.05) is 33.8 Å². The fraction of sp³-hybridized carbons (Fsp3) is 0.579. The summed E-state index contributed by atoms with van der Waals surface area (Å²) in [5.74, 6) is -1.03. The molecule has 0 bridgehead atoms. The Labute approximate surface area is 170 Å². The number of hydrogen-bond acceptors (Lipinski definition) is 6. The topological polar surface area (TPSA) is 140 Å². The predicted octanol–water partition coefficient (Wildman–Crippen LogP) is 3.57. The largest absolute Gasteiger partial charge is 0.524 e. The van der Waals surface area contributed by atoms with E-state index in [1.54, 1.807) is 26.8 Å². The van der Waals surface area contributed by atoms with Gasteiger partial charge in [-0.15, -0.1) is 0 Å². The molecule has 1 rings (SSSR count). The zero-order valence-corrected chi connectivity index (χ0v) is 18.2. The van der Waals surface area contributed by atoms with Crippen molar-refractivity contribution in [2.45, 2.75) is 52.9 Å². The third-order valence-corrected chi connectivity index (χ3v) is 4.48. The van der Waals surface area contributed by atoms with Crippen molar-refractivity contribution in [2.75, 3.05) is 13.2 Å². The number of phosphoric acid groups is 1. The zero-order valence-electron chi connectivity index (χ0n) is 17.3. The average molecular weight is 432 g/mol. The van der Waals surface area contributed by atoms with Crippen LogP contribution < -0.4 is 4.52 Å². The van der Waals surface area contributed by atoms with E-state index in [-0.39, 0.29) is 37.7 Å². The van der Waals surface area contributed by atoms with E-state index in [2.05, 4.69) is 0 Å². The third-order valence-electron chi connectivity index (χ3n) is 4.05. The van der Waals surface area contributed by atoms with Crippen LogP contribution in [0.4, 0.5) is 4.79 Å². The molecule has 0 spiro atoms. The highest BCUT2D eigenvalue weighted by molar-refractivity contribution is 7.46. The summed E-state index contributed by atoms with van der Waals surface area (Å²) >= 11 is 0. The molecular formula is C19H29O9P. The Morgan fingerprint density at radius 2 is 1.79 bits per heavy atom. The van der Waals surface area contributed by atoms with Crippen LogP contribution >= 0.6 is 7.82 Å². The van der Waals surface area contributed by atoms with Crippen LogP contribution in [-0.2, 0) is 30.7 Å². The number of hydrogen-bond donors (Lipinski definition) is 3. The summed E-state index contributed by atoms with van der Waals surface area (Å²) in [5.41, 5.74) is 0.487. The number of phosphoric ester groups is 1. The van der Waals surface area contributed by atoms with Gasteiger partial charge in [-0.2, -0.15) is 0 Å². The minimum absolute atomic E-state index is 0.0281. The average Bonchev–Trinajstić information content (AvgIpc) is 2.49. The van der Waals surface area contributed by atoms with E-state index in [0.29, 0.717) is 16.7 Å². The van der Waals surface area contributed by atoms with Crippen molar-refractivity contribution in [3.8, 4) is 5.75 Å². The summed E-state index contributed by atoms with van der Waals surface area (Å²) in [6.07, 6.45) is -0.914. The SMILES string of the molecule is Cc1cc(CC(=O)O)c(C(C)(C)CCOC(=O)OCC(C)C)c(OP(=O)(O)O)c1. The molecule has 9 nitrogen and oxygen atoms in total. The molecule has 0 aliphatic rings. The summed E-state index contributed by atoms with van der Waals surface area (Å²) in [6.45, 7) is 9.14. The third kappa shape index (κ3) is 8.85. The zero-order chi connectivity index (χ0) is 22.4. The first-order chi connectivity index (χ1) is 13.2. The molecule has 1 aromatic carbocycles. The summed E-state index contributed by atoms with van der Waals surface area (Å²) in [4.78, 5) is 41.5. The molecule has 0 aromatic heterocycles.